The molecule has 2 heterocycles. The Bertz CT molecular complexity index is 641. The number of hydrogen-bond acceptors (Lipinski definition) is 6. The lowest BCUT2D eigenvalue weighted by molar-refractivity contribution is 0.210. The maximum atomic E-state index is 5.11. The van der Waals surface area contributed by atoms with Gasteiger partial charge in [-0.05, 0) is 7.05 Å². The highest BCUT2D eigenvalue weighted by Crippen LogP contribution is 2.23. The first-order chi connectivity index (χ1) is 11.8. The molecule has 0 amide bonds. The van der Waals surface area contributed by atoms with E-state index in [9.17, 15) is 0 Å². The first-order valence-electron chi connectivity index (χ1n) is 8.37. The molecule has 0 aliphatic carbocycles. The minimum atomic E-state index is 0.647. The van der Waals surface area contributed by atoms with E-state index in [1.165, 1.54) is 0 Å². The van der Waals surface area contributed by atoms with Crippen molar-refractivity contribution < 1.29 is 4.74 Å². The number of likely N-dealkylation sites (N-methyl/N-ethyl adjacent to an activating group) is 1. The summed E-state index contributed by atoms with van der Waals surface area (Å²) in [6.07, 6.45) is 0. The van der Waals surface area contributed by atoms with Crippen LogP contribution in [0.4, 0.5) is 11.6 Å². The smallest absolute Gasteiger partial charge is 0.163 e. The molecular weight excluding hydrogens is 302 g/mol. The van der Waals surface area contributed by atoms with Crippen LogP contribution in [0.1, 0.15) is 0 Å². The summed E-state index contributed by atoms with van der Waals surface area (Å²) in [7, 11) is 3.86. The lowest BCUT2D eigenvalue weighted by atomic mass is 10.2. The van der Waals surface area contributed by atoms with Gasteiger partial charge in [0, 0.05) is 51.5 Å². The first-order valence-corrected chi connectivity index (χ1v) is 8.37. The second kappa shape index (κ2) is 8.08. The van der Waals surface area contributed by atoms with Crippen molar-refractivity contribution in [3.63, 3.8) is 0 Å². The van der Waals surface area contributed by atoms with E-state index in [2.05, 4.69) is 27.1 Å². The highest BCUT2D eigenvalue weighted by Gasteiger charge is 2.17. The summed E-state index contributed by atoms with van der Waals surface area (Å²) in [5, 5.41) is 3.33. The third kappa shape index (κ3) is 4.21. The number of benzene rings is 1. The average Bonchev–Trinajstić information content (AvgIpc) is 2.63. The minimum Gasteiger partial charge on any atom is -0.383 e. The molecule has 1 aliphatic rings. The summed E-state index contributed by atoms with van der Waals surface area (Å²) in [6, 6.07) is 12.2. The quantitative estimate of drug-likeness (QED) is 0.819. The summed E-state index contributed by atoms with van der Waals surface area (Å²) in [5.74, 6) is 2.58. The van der Waals surface area contributed by atoms with Crippen molar-refractivity contribution in [3.8, 4) is 11.4 Å². The summed E-state index contributed by atoms with van der Waals surface area (Å²) >= 11 is 0. The Morgan fingerprint density at radius 3 is 2.54 bits per heavy atom. The molecule has 3 rings (SSSR count). The van der Waals surface area contributed by atoms with Gasteiger partial charge in [-0.25, -0.2) is 9.97 Å². The standard InChI is InChI=1S/C18H25N5O/c1-22-9-11-23(12-10-22)17-14-16(19-8-13-24-2)20-18(21-17)15-6-4-3-5-7-15/h3-7,14H,8-13H2,1-2H3,(H,19,20,21). The lowest BCUT2D eigenvalue weighted by Crippen LogP contribution is -2.44. The Morgan fingerprint density at radius 2 is 1.83 bits per heavy atom. The van der Waals surface area contributed by atoms with Crippen LogP contribution in [0.3, 0.4) is 0 Å². The van der Waals surface area contributed by atoms with E-state index in [4.69, 9.17) is 9.72 Å². The van der Waals surface area contributed by atoms with Gasteiger partial charge in [-0.2, -0.15) is 0 Å². The molecule has 0 radical (unpaired) electrons. The van der Waals surface area contributed by atoms with Crippen molar-refractivity contribution in [3.05, 3.63) is 36.4 Å². The fourth-order valence-electron chi connectivity index (χ4n) is 2.72. The molecule has 6 nitrogen and oxygen atoms in total. The van der Waals surface area contributed by atoms with Crippen LogP contribution in [0, 0.1) is 0 Å². The highest BCUT2D eigenvalue weighted by atomic mass is 16.5. The molecule has 1 aromatic heterocycles. The molecule has 0 saturated carbocycles. The van der Waals surface area contributed by atoms with E-state index in [0.717, 1.165) is 55.7 Å². The summed E-state index contributed by atoms with van der Waals surface area (Å²) in [6.45, 7) is 5.45. The molecule has 6 heteroatoms. The predicted molar refractivity (Wildman–Crippen MR) is 97.5 cm³/mol. The van der Waals surface area contributed by atoms with Crippen LogP contribution in [0.15, 0.2) is 36.4 Å². The topological polar surface area (TPSA) is 53.5 Å². The monoisotopic (exact) mass is 327 g/mol. The van der Waals surface area contributed by atoms with Crippen molar-refractivity contribution >= 4 is 11.6 Å². The fourth-order valence-corrected chi connectivity index (χ4v) is 2.72. The van der Waals surface area contributed by atoms with Crippen LogP contribution in [0.5, 0.6) is 0 Å². The van der Waals surface area contributed by atoms with Crippen LogP contribution < -0.4 is 10.2 Å². The summed E-state index contributed by atoms with van der Waals surface area (Å²) in [5.41, 5.74) is 1.03. The number of aromatic nitrogens is 2. The molecule has 1 N–H and O–H groups in total. The van der Waals surface area contributed by atoms with E-state index in [1.807, 2.05) is 36.4 Å². The number of nitrogens with zero attached hydrogens (tertiary/aromatic N) is 4. The van der Waals surface area contributed by atoms with Gasteiger partial charge in [0.2, 0.25) is 0 Å². The predicted octanol–water partition coefficient (Wildman–Crippen LogP) is 1.95. The van der Waals surface area contributed by atoms with Gasteiger partial charge in [-0.15, -0.1) is 0 Å². The van der Waals surface area contributed by atoms with Gasteiger partial charge in [0.1, 0.15) is 11.6 Å². The Morgan fingerprint density at radius 1 is 1.08 bits per heavy atom. The second-order valence-electron chi connectivity index (χ2n) is 6.01. The molecule has 24 heavy (non-hydrogen) atoms. The van der Waals surface area contributed by atoms with Crippen LogP contribution in [0.25, 0.3) is 11.4 Å². The van der Waals surface area contributed by atoms with Gasteiger partial charge < -0.3 is 19.9 Å². The number of piperazine rings is 1. The number of rotatable bonds is 6. The molecule has 2 aromatic rings. The normalized spacial score (nSPS) is 15.5. The van der Waals surface area contributed by atoms with E-state index in [1.54, 1.807) is 7.11 Å². The third-order valence-corrected chi connectivity index (χ3v) is 4.18. The van der Waals surface area contributed by atoms with E-state index in [-0.39, 0.29) is 0 Å². The zero-order valence-electron chi connectivity index (χ0n) is 14.4. The van der Waals surface area contributed by atoms with Crippen LogP contribution >= 0.6 is 0 Å². The highest BCUT2D eigenvalue weighted by molar-refractivity contribution is 5.61. The number of ether oxygens (including phenoxy) is 1. The number of anilines is 2. The van der Waals surface area contributed by atoms with Crippen molar-refractivity contribution in [1.82, 2.24) is 14.9 Å². The van der Waals surface area contributed by atoms with Gasteiger partial charge in [0.15, 0.2) is 5.82 Å². The number of hydrogen-bond donors (Lipinski definition) is 1. The van der Waals surface area contributed by atoms with E-state index >= 15 is 0 Å². The van der Waals surface area contributed by atoms with Crippen molar-refractivity contribution in [2.75, 3.05) is 63.7 Å². The summed E-state index contributed by atoms with van der Waals surface area (Å²) in [4.78, 5) is 14.1. The van der Waals surface area contributed by atoms with Crippen molar-refractivity contribution in [2.45, 2.75) is 0 Å². The molecule has 0 spiro atoms. The SMILES string of the molecule is COCCNc1cc(N2CCN(C)CC2)nc(-c2ccccc2)n1. The fraction of sp³-hybridized carbons (Fsp3) is 0.444. The summed E-state index contributed by atoms with van der Waals surface area (Å²) < 4.78 is 5.11. The molecule has 1 aromatic carbocycles. The van der Waals surface area contributed by atoms with Gasteiger partial charge >= 0.3 is 0 Å². The van der Waals surface area contributed by atoms with Crippen LogP contribution in [-0.2, 0) is 4.74 Å². The zero-order valence-corrected chi connectivity index (χ0v) is 14.4. The zero-order chi connectivity index (χ0) is 16.8. The maximum absolute atomic E-state index is 5.11. The Balaban J connectivity index is 1.87. The largest absolute Gasteiger partial charge is 0.383 e. The number of methoxy groups -OCH3 is 1. The molecule has 1 aliphatic heterocycles. The van der Waals surface area contributed by atoms with Crippen LogP contribution in [-0.4, -0.2) is 68.4 Å². The molecule has 1 fully saturated rings. The van der Waals surface area contributed by atoms with E-state index < -0.39 is 0 Å². The minimum absolute atomic E-state index is 0.647. The second-order valence-corrected chi connectivity index (χ2v) is 6.01. The number of nitrogens with one attached hydrogen (secondary N) is 1. The molecule has 128 valence electrons. The maximum Gasteiger partial charge on any atom is 0.163 e. The lowest BCUT2D eigenvalue weighted by Gasteiger charge is -2.33. The van der Waals surface area contributed by atoms with Gasteiger partial charge in [-0.1, -0.05) is 30.3 Å². The Kier molecular flexibility index (Phi) is 5.61. The molecule has 0 unspecified atom stereocenters. The first kappa shape index (κ1) is 16.7. The Hall–Kier alpha value is -2.18. The molecular formula is C18H25N5O. The Labute approximate surface area is 143 Å². The van der Waals surface area contributed by atoms with Gasteiger partial charge in [0.25, 0.3) is 0 Å². The van der Waals surface area contributed by atoms with Crippen molar-refractivity contribution in [1.29, 1.82) is 0 Å². The van der Waals surface area contributed by atoms with Gasteiger partial charge in [0.05, 0.1) is 6.61 Å². The average molecular weight is 327 g/mol. The molecule has 1 saturated heterocycles. The van der Waals surface area contributed by atoms with E-state index in [0.29, 0.717) is 6.61 Å². The third-order valence-electron chi connectivity index (χ3n) is 4.18. The van der Waals surface area contributed by atoms with Crippen LogP contribution in [0.2, 0.25) is 0 Å². The van der Waals surface area contributed by atoms with Crippen molar-refractivity contribution in [2.24, 2.45) is 0 Å². The van der Waals surface area contributed by atoms with Gasteiger partial charge in [-0.3, -0.25) is 0 Å². The molecule has 0 atom stereocenters. The molecule has 0 bridgehead atoms.